The summed E-state index contributed by atoms with van der Waals surface area (Å²) in [7, 11) is 0. The van der Waals surface area contributed by atoms with E-state index in [0.29, 0.717) is 10.6 Å². The predicted octanol–water partition coefficient (Wildman–Crippen LogP) is 3.73. The molecule has 1 aromatic carbocycles. The van der Waals surface area contributed by atoms with Crippen molar-refractivity contribution in [3.8, 4) is 0 Å². The number of benzene rings is 1. The number of hydrogen-bond acceptors (Lipinski definition) is 3. The molecule has 1 amide bonds. The van der Waals surface area contributed by atoms with Gasteiger partial charge in [-0.25, -0.2) is 0 Å². The normalized spacial score (nSPS) is 19.7. The lowest BCUT2D eigenvalue weighted by molar-refractivity contribution is -0.122. The SMILES string of the molecule is CC1(C)CC(NC(=O)CCC(=O)c2ccc(Cl)cc2)CC(C)(C)N1. The minimum atomic E-state index is -0.0594. The first-order chi connectivity index (χ1) is 11.1. The molecule has 0 atom stereocenters. The van der Waals surface area contributed by atoms with Gasteiger partial charge in [0.15, 0.2) is 5.78 Å². The van der Waals surface area contributed by atoms with Crippen molar-refractivity contribution in [2.45, 2.75) is 70.5 Å². The lowest BCUT2D eigenvalue weighted by Gasteiger charge is -2.46. The number of carbonyl (C=O) groups excluding carboxylic acids is 2. The largest absolute Gasteiger partial charge is 0.353 e. The summed E-state index contributed by atoms with van der Waals surface area (Å²) in [6.45, 7) is 8.60. The molecule has 0 spiro atoms. The lowest BCUT2D eigenvalue weighted by atomic mass is 9.79. The van der Waals surface area contributed by atoms with Gasteiger partial charge in [-0.3, -0.25) is 9.59 Å². The summed E-state index contributed by atoms with van der Waals surface area (Å²) >= 11 is 5.82. The first kappa shape index (κ1) is 18.9. The van der Waals surface area contributed by atoms with Crippen LogP contribution in [0.25, 0.3) is 0 Å². The molecular weight excluding hydrogens is 324 g/mol. The Kier molecular flexibility index (Phi) is 5.71. The zero-order chi connectivity index (χ0) is 18.0. The van der Waals surface area contributed by atoms with Crippen LogP contribution in [-0.4, -0.2) is 28.8 Å². The van der Waals surface area contributed by atoms with Gasteiger partial charge in [0, 0.05) is 40.5 Å². The second kappa shape index (κ2) is 7.24. The Morgan fingerprint density at radius 1 is 1.08 bits per heavy atom. The van der Waals surface area contributed by atoms with Crippen LogP contribution in [0.5, 0.6) is 0 Å². The molecule has 24 heavy (non-hydrogen) atoms. The van der Waals surface area contributed by atoms with Crippen molar-refractivity contribution in [2.24, 2.45) is 0 Å². The van der Waals surface area contributed by atoms with Crippen LogP contribution >= 0.6 is 11.6 Å². The van der Waals surface area contributed by atoms with E-state index in [1.165, 1.54) is 0 Å². The predicted molar refractivity (Wildman–Crippen MR) is 97.5 cm³/mol. The molecule has 0 aliphatic carbocycles. The van der Waals surface area contributed by atoms with Gasteiger partial charge in [-0.2, -0.15) is 0 Å². The van der Waals surface area contributed by atoms with Gasteiger partial charge >= 0.3 is 0 Å². The van der Waals surface area contributed by atoms with Gasteiger partial charge < -0.3 is 10.6 Å². The fourth-order valence-electron chi connectivity index (χ4n) is 3.73. The number of hydrogen-bond donors (Lipinski definition) is 2. The quantitative estimate of drug-likeness (QED) is 0.795. The van der Waals surface area contributed by atoms with Crippen molar-refractivity contribution in [2.75, 3.05) is 0 Å². The third-order valence-electron chi connectivity index (χ3n) is 4.30. The number of amides is 1. The van der Waals surface area contributed by atoms with Crippen molar-refractivity contribution in [1.29, 1.82) is 0 Å². The average Bonchev–Trinajstić information content (AvgIpc) is 2.42. The second-order valence-corrected chi connectivity index (χ2v) is 8.43. The fourth-order valence-corrected chi connectivity index (χ4v) is 3.86. The highest BCUT2D eigenvalue weighted by molar-refractivity contribution is 6.30. The summed E-state index contributed by atoms with van der Waals surface area (Å²) in [6.07, 6.45) is 2.19. The smallest absolute Gasteiger partial charge is 0.220 e. The standard InChI is InChI=1S/C19H27ClN2O2/c1-18(2)11-15(12-19(3,4)22-18)21-17(24)10-9-16(23)13-5-7-14(20)8-6-13/h5-8,15,22H,9-12H2,1-4H3,(H,21,24). The maximum Gasteiger partial charge on any atom is 0.220 e. The van der Waals surface area contributed by atoms with Crippen LogP contribution in [0, 0.1) is 0 Å². The Morgan fingerprint density at radius 3 is 2.17 bits per heavy atom. The summed E-state index contributed by atoms with van der Waals surface area (Å²) < 4.78 is 0. The molecular formula is C19H27ClN2O2. The topological polar surface area (TPSA) is 58.2 Å². The van der Waals surface area contributed by atoms with E-state index < -0.39 is 0 Å². The molecule has 1 fully saturated rings. The van der Waals surface area contributed by atoms with Crippen LogP contribution in [-0.2, 0) is 4.79 Å². The van der Waals surface area contributed by atoms with Crippen LogP contribution < -0.4 is 10.6 Å². The average molecular weight is 351 g/mol. The van der Waals surface area contributed by atoms with Gasteiger partial charge in [0.2, 0.25) is 5.91 Å². The molecule has 132 valence electrons. The van der Waals surface area contributed by atoms with Gasteiger partial charge in [0.1, 0.15) is 0 Å². The summed E-state index contributed by atoms with van der Waals surface area (Å²) in [6, 6.07) is 6.90. The van der Waals surface area contributed by atoms with Crippen molar-refractivity contribution >= 4 is 23.3 Å². The van der Waals surface area contributed by atoms with E-state index in [0.717, 1.165) is 12.8 Å². The second-order valence-electron chi connectivity index (χ2n) is 8.00. The van der Waals surface area contributed by atoms with Gasteiger partial charge in [0.05, 0.1) is 0 Å². The van der Waals surface area contributed by atoms with E-state index in [-0.39, 0.29) is 41.7 Å². The zero-order valence-electron chi connectivity index (χ0n) is 14.9. The Labute approximate surface area is 149 Å². The highest BCUT2D eigenvalue weighted by Crippen LogP contribution is 2.28. The van der Waals surface area contributed by atoms with Crippen LogP contribution in [0.3, 0.4) is 0 Å². The van der Waals surface area contributed by atoms with Gasteiger partial charge in [-0.15, -0.1) is 0 Å². The highest BCUT2D eigenvalue weighted by Gasteiger charge is 2.38. The number of nitrogens with one attached hydrogen (secondary N) is 2. The van der Waals surface area contributed by atoms with Gasteiger partial charge in [-0.05, 0) is 64.8 Å². The molecule has 1 heterocycles. The molecule has 4 nitrogen and oxygen atoms in total. The lowest BCUT2D eigenvalue weighted by Crippen LogP contribution is -2.62. The maximum atomic E-state index is 12.2. The number of ketones is 1. The molecule has 0 radical (unpaired) electrons. The van der Waals surface area contributed by atoms with Crippen LogP contribution in [0.1, 0.15) is 63.7 Å². The van der Waals surface area contributed by atoms with Crippen LogP contribution in [0.2, 0.25) is 5.02 Å². The maximum absolute atomic E-state index is 12.2. The fraction of sp³-hybridized carbons (Fsp3) is 0.579. The molecule has 0 aromatic heterocycles. The van der Waals surface area contributed by atoms with Crippen molar-refractivity contribution in [3.63, 3.8) is 0 Å². The van der Waals surface area contributed by atoms with E-state index in [1.54, 1.807) is 24.3 Å². The molecule has 0 saturated carbocycles. The number of halogens is 1. The van der Waals surface area contributed by atoms with E-state index in [9.17, 15) is 9.59 Å². The third-order valence-corrected chi connectivity index (χ3v) is 4.55. The van der Waals surface area contributed by atoms with Crippen molar-refractivity contribution in [3.05, 3.63) is 34.9 Å². The van der Waals surface area contributed by atoms with Crippen LogP contribution in [0.15, 0.2) is 24.3 Å². The molecule has 1 aromatic rings. The Balaban J connectivity index is 1.85. The van der Waals surface area contributed by atoms with E-state index in [2.05, 4.69) is 38.3 Å². The summed E-state index contributed by atoms with van der Waals surface area (Å²) in [5.41, 5.74) is 0.564. The molecule has 2 rings (SSSR count). The van der Waals surface area contributed by atoms with Crippen LogP contribution in [0.4, 0.5) is 0 Å². The molecule has 1 aliphatic rings. The van der Waals surface area contributed by atoms with Crippen molar-refractivity contribution in [1.82, 2.24) is 10.6 Å². The van der Waals surface area contributed by atoms with E-state index in [4.69, 9.17) is 11.6 Å². The summed E-state index contributed by atoms with van der Waals surface area (Å²) in [4.78, 5) is 24.3. The molecule has 0 unspecified atom stereocenters. The number of Topliss-reactive ketones (excluding diaryl/α,β-unsaturated/α-hetero) is 1. The monoisotopic (exact) mass is 350 g/mol. The Hall–Kier alpha value is -1.39. The Morgan fingerprint density at radius 2 is 1.62 bits per heavy atom. The van der Waals surface area contributed by atoms with Crippen molar-refractivity contribution < 1.29 is 9.59 Å². The highest BCUT2D eigenvalue weighted by atomic mass is 35.5. The van der Waals surface area contributed by atoms with E-state index in [1.807, 2.05) is 0 Å². The molecule has 5 heteroatoms. The van der Waals surface area contributed by atoms with E-state index >= 15 is 0 Å². The number of rotatable bonds is 5. The molecule has 2 N–H and O–H groups in total. The molecule has 0 bridgehead atoms. The van der Waals surface area contributed by atoms with Gasteiger partial charge in [0.25, 0.3) is 0 Å². The first-order valence-electron chi connectivity index (χ1n) is 8.44. The minimum Gasteiger partial charge on any atom is -0.353 e. The zero-order valence-corrected chi connectivity index (χ0v) is 15.7. The first-order valence-corrected chi connectivity index (χ1v) is 8.82. The minimum absolute atomic E-state index is 0.0151. The summed E-state index contributed by atoms with van der Waals surface area (Å²) in [5.74, 6) is -0.0939. The molecule has 1 saturated heterocycles. The number of piperidine rings is 1. The third kappa shape index (κ3) is 5.60. The summed E-state index contributed by atoms with van der Waals surface area (Å²) in [5, 5.41) is 7.29. The Bertz CT molecular complexity index is 592. The number of carbonyl (C=O) groups is 2. The molecule has 1 aliphatic heterocycles. The van der Waals surface area contributed by atoms with Gasteiger partial charge in [-0.1, -0.05) is 11.6 Å².